The molecule has 4 heterocycles. The van der Waals surface area contributed by atoms with Crippen LogP contribution in [0.2, 0.25) is 0 Å². The zero-order valence-electron chi connectivity index (χ0n) is 15.2. The highest BCUT2D eigenvalue weighted by atomic mass is 79.9. The van der Waals surface area contributed by atoms with Gasteiger partial charge in [-0.1, -0.05) is 0 Å². The Morgan fingerprint density at radius 1 is 1.21 bits per heavy atom. The Labute approximate surface area is 171 Å². The van der Waals surface area contributed by atoms with Crippen LogP contribution >= 0.6 is 15.9 Å². The molecule has 0 radical (unpaired) electrons. The normalized spacial score (nSPS) is 20.2. The molecule has 0 bridgehead atoms. The summed E-state index contributed by atoms with van der Waals surface area (Å²) >= 11 is 3.37. The molecule has 28 heavy (non-hydrogen) atoms. The van der Waals surface area contributed by atoms with Crippen molar-refractivity contribution in [1.82, 2.24) is 20.0 Å². The first-order valence-electron chi connectivity index (χ1n) is 9.19. The minimum Gasteiger partial charge on any atom is -0.356 e. The van der Waals surface area contributed by atoms with E-state index in [1.54, 1.807) is 12.3 Å². The van der Waals surface area contributed by atoms with Crippen LogP contribution in [0.15, 0.2) is 35.5 Å². The fourth-order valence-electron chi connectivity index (χ4n) is 3.72. The molecule has 8 nitrogen and oxygen atoms in total. The summed E-state index contributed by atoms with van der Waals surface area (Å²) in [4.78, 5) is 33.4. The maximum atomic E-state index is 13.1. The third kappa shape index (κ3) is 3.84. The Balaban J connectivity index is 1.42. The number of hydrogen-bond donors (Lipinski definition) is 0. The van der Waals surface area contributed by atoms with E-state index >= 15 is 0 Å². The van der Waals surface area contributed by atoms with Gasteiger partial charge in [-0.25, -0.2) is 15.0 Å². The molecule has 1 amide bonds. The molecule has 2 aromatic rings. The van der Waals surface area contributed by atoms with Gasteiger partial charge in [0.1, 0.15) is 22.8 Å². The van der Waals surface area contributed by atoms with Gasteiger partial charge in [-0.2, -0.15) is 5.26 Å². The monoisotopic (exact) mass is 442 g/mol. The molecule has 2 aromatic heterocycles. The van der Waals surface area contributed by atoms with Gasteiger partial charge in [0.25, 0.3) is 0 Å². The molecular weight excluding hydrogens is 424 g/mol. The summed E-state index contributed by atoms with van der Waals surface area (Å²) in [7, 11) is 0. The maximum absolute atomic E-state index is 13.1. The Morgan fingerprint density at radius 2 is 2.04 bits per heavy atom. The van der Waals surface area contributed by atoms with Gasteiger partial charge in [-0.05, 0) is 40.4 Å². The summed E-state index contributed by atoms with van der Waals surface area (Å²) in [6.07, 6.45) is 6.94. The van der Waals surface area contributed by atoms with E-state index in [2.05, 4.69) is 41.9 Å². The molecule has 144 valence electrons. The third-order valence-electron chi connectivity index (χ3n) is 5.18. The van der Waals surface area contributed by atoms with Gasteiger partial charge in [0.15, 0.2) is 0 Å². The average Bonchev–Trinajstić information content (AvgIpc) is 3.23. The number of rotatable bonds is 3. The second-order valence-electron chi connectivity index (χ2n) is 6.88. The lowest BCUT2D eigenvalue weighted by Crippen LogP contribution is -2.42. The molecule has 0 aliphatic carbocycles. The molecule has 4 rings (SSSR count). The van der Waals surface area contributed by atoms with E-state index in [4.69, 9.17) is 10.1 Å². The van der Waals surface area contributed by atoms with Gasteiger partial charge in [-0.3, -0.25) is 14.6 Å². The highest BCUT2D eigenvalue weighted by Crippen LogP contribution is 2.34. The van der Waals surface area contributed by atoms with E-state index in [-0.39, 0.29) is 17.9 Å². The third-order valence-corrected chi connectivity index (χ3v) is 5.62. The molecular formula is C19H19BrN6O2. The Morgan fingerprint density at radius 3 is 2.79 bits per heavy atom. The van der Waals surface area contributed by atoms with E-state index < -0.39 is 0 Å². The van der Waals surface area contributed by atoms with Gasteiger partial charge in [0.2, 0.25) is 5.91 Å². The Bertz CT molecular complexity index is 909. The summed E-state index contributed by atoms with van der Waals surface area (Å²) in [6, 6.07) is 5.57. The quantitative estimate of drug-likeness (QED) is 0.673. The first kappa shape index (κ1) is 18.8. The molecule has 2 aliphatic rings. The number of amides is 1. The molecule has 1 unspecified atom stereocenters. The van der Waals surface area contributed by atoms with Crippen LogP contribution in [-0.2, 0) is 9.63 Å². The molecule has 1 atom stereocenters. The zero-order chi connectivity index (χ0) is 19.5. The van der Waals surface area contributed by atoms with Gasteiger partial charge in [-0.15, -0.1) is 0 Å². The van der Waals surface area contributed by atoms with E-state index in [0.717, 1.165) is 41.9 Å². The van der Waals surface area contributed by atoms with Crippen molar-refractivity contribution in [2.75, 3.05) is 24.6 Å². The minimum absolute atomic E-state index is 0.00776. The highest BCUT2D eigenvalue weighted by molar-refractivity contribution is 9.10. The lowest BCUT2D eigenvalue weighted by Gasteiger charge is -2.34. The number of halogens is 1. The Kier molecular flexibility index (Phi) is 5.50. The zero-order valence-corrected chi connectivity index (χ0v) is 16.7. The fourth-order valence-corrected chi connectivity index (χ4v) is 4.02. The number of aromatic nitrogens is 3. The van der Waals surface area contributed by atoms with Crippen LogP contribution < -0.4 is 4.90 Å². The summed E-state index contributed by atoms with van der Waals surface area (Å²) in [6.45, 7) is 1.99. The summed E-state index contributed by atoms with van der Waals surface area (Å²) in [5, 5.41) is 10.6. The average molecular weight is 443 g/mol. The van der Waals surface area contributed by atoms with E-state index in [0.29, 0.717) is 18.6 Å². The molecule has 0 N–H and O–H groups in total. The largest absolute Gasteiger partial charge is 0.356 e. The SMILES string of the molecule is N#Cc1cncc(C2CCON2C(=O)C2CCN(c3cc(Br)ncn3)CC2)c1. The van der Waals surface area contributed by atoms with Crippen molar-refractivity contribution in [3.63, 3.8) is 0 Å². The second kappa shape index (κ2) is 8.20. The number of nitriles is 1. The Hall–Kier alpha value is -2.57. The predicted molar refractivity (Wildman–Crippen MR) is 104 cm³/mol. The standard InChI is InChI=1S/C19H19BrN6O2/c20-17-8-18(24-12-23-17)25-4-1-14(2-5-25)19(27)26-16(3-6-28-26)15-7-13(9-21)10-22-11-15/h7-8,10-12,14,16H,1-6H2. The maximum Gasteiger partial charge on any atom is 0.249 e. The molecule has 0 saturated carbocycles. The lowest BCUT2D eigenvalue weighted by molar-refractivity contribution is -0.182. The van der Waals surface area contributed by atoms with Crippen LogP contribution in [0.1, 0.15) is 36.4 Å². The smallest absolute Gasteiger partial charge is 0.249 e. The number of carbonyl (C=O) groups is 1. The molecule has 2 fully saturated rings. The minimum atomic E-state index is -0.191. The van der Waals surface area contributed by atoms with Gasteiger partial charge in [0, 0.05) is 43.9 Å². The molecule has 0 aromatic carbocycles. The van der Waals surface area contributed by atoms with Crippen molar-refractivity contribution in [3.8, 4) is 6.07 Å². The molecule has 9 heteroatoms. The van der Waals surface area contributed by atoms with Crippen LogP contribution in [0.5, 0.6) is 0 Å². The second-order valence-corrected chi connectivity index (χ2v) is 7.69. The predicted octanol–water partition coefficient (Wildman–Crippen LogP) is 2.63. The first-order valence-corrected chi connectivity index (χ1v) is 9.98. The number of piperidine rings is 1. The van der Waals surface area contributed by atoms with Crippen molar-refractivity contribution in [3.05, 3.63) is 46.6 Å². The van der Waals surface area contributed by atoms with E-state index in [9.17, 15) is 4.79 Å². The number of anilines is 1. The van der Waals surface area contributed by atoms with Crippen molar-refractivity contribution in [2.45, 2.75) is 25.3 Å². The molecule has 2 aliphatic heterocycles. The highest BCUT2D eigenvalue weighted by Gasteiger charge is 2.37. The number of nitrogens with zero attached hydrogens (tertiary/aromatic N) is 6. The van der Waals surface area contributed by atoms with E-state index in [1.165, 1.54) is 17.6 Å². The first-order chi connectivity index (χ1) is 13.7. The van der Waals surface area contributed by atoms with Crippen LogP contribution in [0.3, 0.4) is 0 Å². The van der Waals surface area contributed by atoms with Gasteiger partial charge in [0.05, 0.1) is 18.2 Å². The topological polar surface area (TPSA) is 95.2 Å². The number of carbonyl (C=O) groups excluding carboxylic acids is 1. The number of pyridine rings is 1. The van der Waals surface area contributed by atoms with Crippen molar-refractivity contribution in [2.24, 2.45) is 5.92 Å². The summed E-state index contributed by atoms with van der Waals surface area (Å²) in [5.41, 5.74) is 1.33. The van der Waals surface area contributed by atoms with Gasteiger partial charge < -0.3 is 4.90 Å². The lowest BCUT2D eigenvalue weighted by atomic mass is 9.94. The number of hydrogen-bond acceptors (Lipinski definition) is 7. The van der Waals surface area contributed by atoms with Crippen LogP contribution in [0.25, 0.3) is 0 Å². The summed E-state index contributed by atoms with van der Waals surface area (Å²) in [5.74, 6) is 0.782. The van der Waals surface area contributed by atoms with E-state index in [1.807, 2.05) is 6.07 Å². The van der Waals surface area contributed by atoms with Crippen LogP contribution in [0.4, 0.5) is 5.82 Å². The van der Waals surface area contributed by atoms with Crippen molar-refractivity contribution < 1.29 is 9.63 Å². The van der Waals surface area contributed by atoms with Crippen LogP contribution in [-0.4, -0.2) is 45.6 Å². The van der Waals surface area contributed by atoms with Crippen LogP contribution in [0, 0.1) is 17.2 Å². The van der Waals surface area contributed by atoms with Crippen molar-refractivity contribution >= 4 is 27.7 Å². The fraction of sp³-hybridized carbons (Fsp3) is 0.421. The molecule has 2 saturated heterocycles. The number of hydroxylamine groups is 2. The summed E-state index contributed by atoms with van der Waals surface area (Å²) < 4.78 is 0.747. The molecule has 0 spiro atoms. The van der Waals surface area contributed by atoms with Crippen molar-refractivity contribution in [1.29, 1.82) is 5.26 Å². The van der Waals surface area contributed by atoms with Gasteiger partial charge >= 0.3 is 0 Å².